The van der Waals surface area contributed by atoms with E-state index in [4.69, 9.17) is 0 Å². The minimum Gasteiger partial charge on any atom is -0.206 e. The van der Waals surface area contributed by atoms with Gasteiger partial charge in [0.25, 0.3) is 0 Å². The number of aromatic nitrogens is 2. The molecule has 2 nitrogen and oxygen atoms in total. The fourth-order valence-corrected chi connectivity index (χ4v) is 1.53. The van der Waals surface area contributed by atoms with Crippen LogP contribution in [-0.2, 0) is 5.41 Å². The van der Waals surface area contributed by atoms with Gasteiger partial charge in [0.15, 0.2) is 0 Å². The first-order chi connectivity index (χ1) is 5.82. The van der Waals surface area contributed by atoms with Gasteiger partial charge in [-0.25, -0.2) is 4.98 Å². The van der Waals surface area contributed by atoms with Gasteiger partial charge in [0, 0.05) is 11.0 Å². The molecular formula is C9H12BrFN2. The average molecular weight is 247 g/mol. The Morgan fingerprint density at radius 2 is 1.77 bits per heavy atom. The maximum atomic E-state index is 12.9. The third-order valence-electron chi connectivity index (χ3n) is 1.77. The van der Waals surface area contributed by atoms with Crippen LogP contribution in [-0.4, -0.2) is 9.97 Å². The van der Waals surface area contributed by atoms with E-state index in [1.54, 1.807) is 0 Å². The molecule has 4 heteroatoms. The smallest absolute Gasteiger partial charge is 0.206 e. The normalized spacial score (nSPS) is 11.8. The lowest BCUT2D eigenvalue weighted by Crippen LogP contribution is -2.17. The van der Waals surface area contributed by atoms with E-state index >= 15 is 0 Å². The molecule has 0 bridgehead atoms. The third kappa shape index (κ3) is 2.24. The van der Waals surface area contributed by atoms with Gasteiger partial charge in [0.1, 0.15) is 4.60 Å². The molecule has 0 aliphatic heterocycles. The third-order valence-corrected chi connectivity index (χ3v) is 2.54. The van der Waals surface area contributed by atoms with Gasteiger partial charge in [0.2, 0.25) is 0 Å². The van der Waals surface area contributed by atoms with Crippen LogP contribution in [0.5, 0.6) is 0 Å². The molecular weight excluding hydrogens is 235 g/mol. The molecule has 1 heterocycles. The van der Waals surface area contributed by atoms with Crippen molar-refractivity contribution in [1.29, 1.82) is 0 Å². The molecule has 0 aliphatic carbocycles. The summed E-state index contributed by atoms with van der Waals surface area (Å²) in [5.41, 5.74) is 1.48. The first-order valence-corrected chi connectivity index (χ1v) is 4.82. The Morgan fingerprint density at radius 1 is 1.23 bits per heavy atom. The summed E-state index contributed by atoms with van der Waals surface area (Å²) in [5, 5.41) is 0. The Hall–Kier alpha value is -0.510. The Morgan fingerprint density at radius 3 is 2.23 bits per heavy atom. The molecule has 0 saturated heterocycles. The van der Waals surface area contributed by atoms with Gasteiger partial charge in [-0.05, 0) is 22.9 Å². The monoisotopic (exact) mass is 246 g/mol. The lowest BCUT2D eigenvalue weighted by atomic mass is 9.89. The van der Waals surface area contributed by atoms with Crippen LogP contribution in [0.2, 0.25) is 0 Å². The summed E-state index contributed by atoms with van der Waals surface area (Å²) in [6.45, 7) is 7.86. The van der Waals surface area contributed by atoms with Gasteiger partial charge < -0.3 is 0 Å². The zero-order valence-electron chi connectivity index (χ0n) is 8.15. The molecule has 13 heavy (non-hydrogen) atoms. The van der Waals surface area contributed by atoms with Crippen LogP contribution >= 0.6 is 15.9 Å². The number of hydrogen-bond donors (Lipinski definition) is 0. The lowest BCUT2D eigenvalue weighted by molar-refractivity contribution is 0.489. The van der Waals surface area contributed by atoms with Crippen LogP contribution in [0.15, 0.2) is 4.60 Å². The quantitative estimate of drug-likeness (QED) is 0.520. The Labute approximate surface area is 85.7 Å². The molecule has 0 saturated carbocycles. The van der Waals surface area contributed by atoms with Gasteiger partial charge in [-0.2, -0.15) is 9.37 Å². The highest BCUT2D eigenvalue weighted by atomic mass is 79.9. The molecule has 0 fully saturated rings. The van der Waals surface area contributed by atoms with Crippen LogP contribution in [0.3, 0.4) is 0 Å². The second-order valence-electron chi connectivity index (χ2n) is 4.01. The van der Waals surface area contributed by atoms with E-state index in [1.807, 2.05) is 27.7 Å². The van der Waals surface area contributed by atoms with Crippen molar-refractivity contribution in [1.82, 2.24) is 9.97 Å². The van der Waals surface area contributed by atoms with E-state index in [-0.39, 0.29) is 5.41 Å². The SMILES string of the molecule is Cc1c(Br)nc(F)nc1C(C)(C)C. The van der Waals surface area contributed by atoms with Crippen molar-refractivity contribution in [3.05, 3.63) is 21.9 Å². The highest BCUT2D eigenvalue weighted by Gasteiger charge is 2.21. The van der Waals surface area contributed by atoms with Crippen molar-refractivity contribution in [2.75, 3.05) is 0 Å². The highest BCUT2D eigenvalue weighted by molar-refractivity contribution is 9.10. The predicted octanol–water partition coefficient (Wildman–Crippen LogP) is 2.98. The molecule has 0 aliphatic rings. The van der Waals surface area contributed by atoms with Crippen molar-refractivity contribution < 1.29 is 4.39 Å². The van der Waals surface area contributed by atoms with E-state index in [0.717, 1.165) is 11.3 Å². The van der Waals surface area contributed by atoms with Gasteiger partial charge in [-0.1, -0.05) is 20.8 Å². The van der Waals surface area contributed by atoms with Crippen molar-refractivity contribution in [3.63, 3.8) is 0 Å². The number of halogens is 2. The van der Waals surface area contributed by atoms with E-state index in [1.165, 1.54) is 0 Å². The minimum absolute atomic E-state index is 0.156. The first-order valence-electron chi connectivity index (χ1n) is 4.02. The maximum Gasteiger partial charge on any atom is 0.309 e. The zero-order chi connectivity index (χ0) is 10.2. The Balaban J connectivity index is 3.37. The summed E-state index contributed by atoms with van der Waals surface area (Å²) >= 11 is 3.20. The van der Waals surface area contributed by atoms with E-state index < -0.39 is 6.08 Å². The fourth-order valence-electron chi connectivity index (χ4n) is 1.19. The summed E-state index contributed by atoms with van der Waals surface area (Å²) in [5.74, 6) is 0. The topological polar surface area (TPSA) is 25.8 Å². The van der Waals surface area contributed by atoms with E-state index in [9.17, 15) is 4.39 Å². The van der Waals surface area contributed by atoms with Gasteiger partial charge >= 0.3 is 6.08 Å². The average Bonchev–Trinajstić information content (AvgIpc) is 1.94. The van der Waals surface area contributed by atoms with Gasteiger partial charge in [0.05, 0.1) is 5.69 Å². The van der Waals surface area contributed by atoms with Crippen LogP contribution in [0.4, 0.5) is 4.39 Å². The molecule has 1 rings (SSSR count). The predicted molar refractivity (Wildman–Crippen MR) is 53.1 cm³/mol. The van der Waals surface area contributed by atoms with Crippen LogP contribution in [0.1, 0.15) is 32.0 Å². The van der Waals surface area contributed by atoms with E-state index in [0.29, 0.717) is 4.60 Å². The number of nitrogens with zero attached hydrogens (tertiary/aromatic N) is 2. The Bertz CT molecular complexity index is 331. The maximum absolute atomic E-state index is 12.9. The molecule has 1 aromatic rings. The second kappa shape index (κ2) is 3.33. The summed E-state index contributed by atoms with van der Waals surface area (Å²) in [7, 11) is 0. The van der Waals surface area contributed by atoms with E-state index in [2.05, 4.69) is 25.9 Å². The molecule has 1 aromatic heterocycles. The summed E-state index contributed by atoms with van der Waals surface area (Å²) in [6, 6.07) is 0. The largest absolute Gasteiger partial charge is 0.309 e. The van der Waals surface area contributed by atoms with Gasteiger partial charge in [-0.3, -0.25) is 0 Å². The highest BCUT2D eigenvalue weighted by Crippen LogP contribution is 2.26. The second-order valence-corrected chi connectivity index (χ2v) is 4.76. The van der Waals surface area contributed by atoms with Crippen molar-refractivity contribution in [2.45, 2.75) is 33.1 Å². The molecule has 0 aromatic carbocycles. The van der Waals surface area contributed by atoms with Crippen molar-refractivity contribution in [3.8, 4) is 0 Å². The molecule has 72 valence electrons. The minimum atomic E-state index is -0.678. The molecule has 0 N–H and O–H groups in total. The van der Waals surface area contributed by atoms with Crippen LogP contribution < -0.4 is 0 Å². The zero-order valence-corrected chi connectivity index (χ0v) is 9.74. The molecule has 0 radical (unpaired) electrons. The van der Waals surface area contributed by atoms with Crippen molar-refractivity contribution in [2.24, 2.45) is 0 Å². The van der Waals surface area contributed by atoms with Gasteiger partial charge in [-0.15, -0.1) is 0 Å². The fraction of sp³-hybridized carbons (Fsp3) is 0.556. The first kappa shape index (κ1) is 10.6. The van der Waals surface area contributed by atoms with Crippen molar-refractivity contribution >= 4 is 15.9 Å². The summed E-state index contributed by atoms with van der Waals surface area (Å²) in [6.07, 6.45) is -0.678. The number of hydrogen-bond acceptors (Lipinski definition) is 2. The molecule has 0 atom stereocenters. The lowest BCUT2D eigenvalue weighted by Gasteiger charge is -2.20. The standard InChI is InChI=1S/C9H12BrFN2/c1-5-6(9(2,3)4)12-8(11)13-7(5)10/h1-4H3. The molecule has 0 unspecified atom stereocenters. The van der Waals surface area contributed by atoms with Crippen LogP contribution in [0, 0.1) is 13.0 Å². The van der Waals surface area contributed by atoms with Crippen LogP contribution in [0.25, 0.3) is 0 Å². The summed E-state index contributed by atoms with van der Waals surface area (Å²) in [4.78, 5) is 7.38. The Kier molecular flexibility index (Phi) is 2.71. The number of rotatable bonds is 0. The molecule has 0 amide bonds. The summed E-state index contributed by atoms with van der Waals surface area (Å²) < 4.78 is 13.4. The molecule has 0 spiro atoms.